The molecule has 152 valence electrons. The minimum atomic E-state index is 0.368. The number of piperidine rings is 2. The van der Waals surface area contributed by atoms with Crippen LogP contribution in [0.4, 0.5) is 0 Å². The molecule has 0 aromatic rings. The lowest BCUT2D eigenvalue weighted by molar-refractivity contribution is -0.130. The largest absolute Gasteiger partial charge is 0.352 e. The molecule has 4 saturated carbocycles. The van der Waals surface area contributed by atoms with Crippen molar-refractivity contribution in [2.45, 2.75) is 82.7 Å². The number of rotatable bonds is 4. The van der Waals surface area contributed by atoms with Crippen LogP contribution < -0.4 is 5.32 Å². The molecule has 6 fully saturated rings. The predicted octanol–water partition coefficient (Wildman–Crippen LogP) is 3.27. The molecule has 2 saturated heterocycles. The van der Waals surface area contributed by atoms with Gasteiger partial charge >= 0.3 is 0 Å². The third kappa shape index (κ3) is 3.94. The van der Waals surface area contributed by atoms with E-state index in [0.29, 0.717) is 17.4 Å². The Bertz CT molecular complexity index is 519. The summed E-state index contributed by atoms with van der Waals surface area (Å²) >= 11 is 0. The Hall–Kier alpha value is -0.610. The first-order chi connectivity index (χ1) is 13.1. The van der Waals surface area contributed by atoms with E-state index in [1.54, 1.807) is 0 Å². The molecule has 4 heteroatoms. The van der Waals surface area contributed by atoms with Crippen LogP contribution in [0, 0.1) is 23.2 Å². The van der Waals surface area contributed by atoms with Crippen molar-refractivity contribution in [3.05, 3.63) is 0 Å². The van der Waals surface area contributed by atoms with E-state index in [1.165, 1.54) is 83.8 Å². The number of nitrogens with zero attached hydrogens (tertiary/aromatic N) is 2. The first-order valence-corrected chi connectivity index (χ1v) is 11.8. The van der Waals surface area contributed by atoms with Crippen molar-refractivity contribution in [3.8, 4) is 0 Å². The molecule has 1 atom stereocenters. The highest BCUT2D eigenvalue weighted by Gasteiger charge is 2.51. The third-order valence-corrected chi connectivity index (χ3v) is 8.72. The standard InChI is InChI=1S/C23H39N3O/c1-25-7-4-21(5-8-25)26-6-2-3-20(16-26)24-22(27)15-23-12-17-9-18(13-23)11-19(10-17)14-23/h17-21H,2-16H2,1H3,(H,24,27). The van der Waals surface area contributed by atoms with Gasteiger partial charge in [-0.15, -0.1) is 0 Å². The van der Waals surface area contributed by atoms with Gasteiger partial charge < -0.3 is 10.2 Å². The van der Waals surface area contributed by atoms with Crippen LogP contribution in [0.3, 0.4) is 0 Å². The Morgan fingerprint density at radius 2 is 1.59 bits per heavy atom. The number of nitrogens with one attached hydrogen (secondary N) is 1. The minimum Gasteiger partial charge on any atom is -0.352 e. The van der Waals surface area contributed by atoms with Crippen LogP contribution >= 0.6 is 0 Å². The molecule has 2 aliphatic heterocycles. The van der Waals surface area contributed by atoms with Crippen LogP contribution in [0.25, 0.3) is 0 Å². The van der Waals surface area contributed by atoms with Gasteiger partial charge in [-0.1, -0.05) is 0 Å². The second-order valence-electron chi connectivity index (χ2n) is 11.0. The lowest BCUT2D eigenvalue weighted by atomic mass is 9.49. The highest BCUT2D eigenvalue weighted by molar-refractivity contribution is 5.77. The highest BCUT2D eigenvalue weighted by Crippen LogP contribution is 2.61. The first kappa shape index (κ1) is 18.4. The molecule has 1 unspecified atom stereocenters. The van der Waals surface area contributed by atoms with Crippen LogP contribution in [0.5, 0.6) is 0 Å². The third-order valence-electron chi connectivity index (χ3n) is 8.72. The van der Waals surface area contributed by atoms with E-state index in [2.05, 4.69) is 22.2 Å². The second kappa shape index (κ2) is 7.33. The van der Waals surface area contributed by atoms with E-state index in [0.717, 1.165) is 36.8 Å². The minimum absolute atomic E-state index is 0.368. The normalized spacial score (nSPS) is 43.1. The molecule has 1 amide bonds. The molecular weight excluding hydrogens is 334 g/mol. The first-order valence-electron chi connectivity index (χ1n) is 11.8. The maximum Gasteiger partial charge on any atom is 0.220 e. The van der Waals surface area contributed by atoms with Crippen molar-refractivity contribution in [1.82, 2.24) is 15.1 Å². The SMILES string of the molecule is CN1CCC(N2CCCC(NC(=O)CC34CC5CC(CC(C5)C3)C4)C2)CC1. The molecule has 6 aliphatic rings. The van der Waals surface area contributed by atoms with Gasteiger partial charge in [-0.2, -0.15) is 0 Å². The zero-order valence-corrected chi connectivity index (χ0v) is 17.3. The van der Waals surface area contributed by atoms with Crippen LogP contribution in [0.2, 0.25) is 0 Å². The van der Waals surface area contributed by atoms with Gasteiger partial charge in [0.25, 0.3) is 0 Å². The summed E-state index contributed by atoms with van der Waals surface area (Å²) in [5.74, 6) is 3.20. The van der Waals surface area contributed by atoms with Crippen LogP contribution in [-0.4, -0.2) is 61.0 Å². The quantitative estimate of drug-likeness (QED) is 0.821. The molecule has 0 aromatic heterocycles. The fraction of sp³-hybridized carbons (Fsp3) is 0.957. The molecule has 0 radical (unpaired) electrons. The molecule has 6 rings (SSSR count). The Morgan fingerprint density at radius 1 is 0.963 bits per heavy atom. The number of hydrogen-bond acceptors (Lipinski definition) is 3. The Morgan fingerprint density at radius 3 is 2.22 bits per heavy atom. The summed E-state index contributed by atoms with van der Waals surface area (Å²) in [6.45, 7) is 4.77. The highest BCUT2D eigenvalue weighted by atomic mass is 16.1. The summed E-state index contributed by atoms with van der Waals surface area (Å²) in [4.78, 5) is 18.1. The van der Waals surface area contributed by atoms with E-state index in [-0.39, 0.29) is 0 Å². The fourth-order valence-electron chi connectivity index (χ4n) is 7.94. The summed E-state index contributed by atoms with van der Waals surface area (Å²) in [5.41, 5.74) is 0.376. The topological polar surface area (TPSA) is 35.6 Å². The van der Waals surface area contributed by atoms with Crippen molar-refractivity contribution in [3.63, 3.8) is 0 Å². The molecule has 2 heterocycles. The molecule has 0 spiro atoms. The fourth-order valence-corrected chi connectivity index (χ4v) is 7.94. The van der Waals surface area contributed by atoms with Gasteiger partial charge in [0.15, 0.2) is 0 Å². The zero-order chi connectivity index (χ0) is 18.4. The Kier molecular flexibility index (Phi) is 5.00. The van der Waals surface area contributed by atoms with Crippen LogP contribution in [0.15, 0.2) is 0 Å². The lowest BCUT2D eigenvalue weighted by Gasteiger charge is -2.56. The smallest absolute Gasteiger partial charge is 0.220 e. The predicted molar refractivity (Wildman–Crippen MR) is 108 cm³/mol. The monoisotopic (exact) mass is 373 g/mol. The van der Waals surface area contributed by atoms with Crippen LogP contribution in [-0.2, 0) is 4.79 Å². The molecule has 4 nitrogen and oxygen atoms in total. The van der Waals surface area contributed by atoms with E-state index >= 15 is 0 Å². The van der Waals surface area contributed by atoms with Gasteiger partial charge in [-0.25, -0.2) is 0 Å². The Labute approximate surface area is 165 Å². The van der Waals surface area contributed by atoms with E-state index < -0.39 is 0 Å². The molecule has 4 bridgehead atoms. The summed E-state index contributed by atoms with van der Waals surface area (Å²) in [6, 6.07) is 1.13. The Balaban J connectivity index is 1.14. The van der Waals surface area contributed by atoms with Gasteiger partial charge in [0, 0.05) is 25.0 Å². The van der Waals surface area contributed by atoms with E-state index in [4.69, 9.17) is 0 Å². The van der Waals surface area contributed by atoms with Gasteiger partial charge in [0.2, 0.25) is 5.91 Å². The summed E-state index contributed by atoms with van der Waals surface area (Å²) in [7, 11) is 2.24. The molecule has 27 heavy (non-hydrogen) atoms. The van der Waals surface area contributed by atoms with Crippen molar-refractivity contribution < 1.29 is 4.79 Å². The number of carbonyl (C=O) groups is 1. The second-order valence-corrected chi connectivity index (χ2v) is 11.0. The number of amides is 1. The molecular formula is C23H39N3O. The summed E-state index contributed by atoms with van der Waals surface area (Å²) < 4.78 is 0. The van der Waals surface area contributed by atoms with E-state index in [9.17, 15) is 4.79 Å². The van der Waals surface area contributed by atoms with Crippen molar-refractivity contribution >= 4 is 5.91 Å². The van der Waals surface area contributed by atoms with Crippen LogP contribution in [0.1, 0.15) is 70.6 Å². The van der Waals surface area contributed by atoms with Gasteiger partial charge in [-0.3, -0.25) is 9.69 Å². The number of carbonyl (C=O) groups excluding carboxylic acids is 1. The molecule has 1 N–H and O–H groups in total. The van der Waals surface area contributed by atoms with E-state index in [1.807, 2.05) is 0 Å². The number of likely N-dealkylation sites (tertiary alicyclic amines) is 2. The van der Waals surface area contributed by atoms with Gasteiger partial charge in [-0.05, 0) is 114 Å². The maximum atomic E-state index is 13.0. The maximum absolute atomic E-state index is 13.0. The summed E-state index contributed by atoms with van der Waals surface area (Å²) in [6.07, 6.45) is 14.3. The lowest BCUT2D eigenvalue weighted by Crippen LogP contribution is -2.54. The van der Waals surface area contributed by atoms with Gasteiger partial charge in [0.05, 0.1) is 0 Å². The van der Waals surface area contributed by atoms with Crippen molar-refractivity contribution in [2.75, 3.05) is 33.2 Å². The van der Waals surface area contributed by atoms with Gasteiger partial charge in [0.1, 0.15) is 0 Å². The summed E-state index contributed by atoms with van der Waals surface area (Å²) in [5, 5.41) is 3.48. The average molecular weight is 374 g/mol. The average Bonchev–Trinajstić information content (AvgIpc) is 2.60. The zero-order valence-electron chi connectivity index (χ0n) is 17.3. The van der Waals surface area contributed by atoms with Crippen molar-refractivity contribution in [1.29, 1.82) is 0 Å². The van der Waals surface area contributed by atoms with Crippen molar-refractivity contribution in [2.24, 2.45) is 23.2 Å². The number of hydrogen-bond donors (Lipinski definition) is 1. The molecule has 4 aliphatic carbocycles. The molecule has 0 aromatic carbocycles.